The highest BCUT2D eigenvalue weighted by molar-refractivity contribution is 5.81. The summed E-state index contributed by atoms with van der Waals surface area (Å²) in [5.41, 5.74) is 0. The van der Waals surface area contributed by atoms with Crippen LogP contribution in [0.15, 0.2) is 4.99 Å². The third-order valence-corrected chi connectivity index (χ3v) is 2.48. The van der Waals surface area contributed by atoms with Crippen LogP contribution in [0.25, 0.3) is 0 Å². The molecule has 0 radical (unpaired) electrons. The summed E-state index contributed by atoms with van der Waals surface area (Å²) in [5, 5.41) is 6.42. The smallest absolute Gasteiger partial charge is 0.191 e. The van der Waals surface area contributed by atoms with Gasteiger partial charge in [-0.1, -0.05) is 0 Å². The van der Waals surface area contributed by atoms with Crippen LogP contribution in [0.1, 0.15) is 19.3 Å². The Labute approximate surface area is 85.1 Å². The molecule has 0 aromatic carbocycles. The lowest BCUT2D eigenvalue weighted by molar-refractivity contribution is 0.123. The molecule has 0 saturated heterocycles. The van der Waals surface area contributed by atoms with E-state index in [-0.39, 0.29) is 0 Å². The van der Waals surface area contributed by atoms with Gasteiger partial charge in [0.15, 0.2) is 5.96 Å². The molecule has 0 bridgehead atoms. The minimum absolute atomic E-state index is 0.872. The Hall–Kier alpha value is -0.770. The van der Waals surface area contributed by atoms with Crippen LogP contribution in [-0.2, 0) is 4.74 Å². The zero-order chi connectivity index (χ0) is 9.64. The van der Waals surface area contributed by atoms with Gasteiger partial charge >= 0.3 is 0 Å². The SMILES string of the molecule is C(CNC1=NCCN1)COCC1CC1. The van der Waals surface area contributed by atoms with Crippen LogP contribution in [0, 0.1) is 5.92 Å². The molecule has 14 heavy (non-hydrogen) atoms. The molecule has 0 atom stereocenters. The summed E-state index contributed by atoms with van der Waals surface area (Å²) < 4.78 is 5.52. The summed E-state index contributed by atoms with van der Waals surface area (Å²) in [6.07, 6.45) is 3.81. The first-order valence-electron chi connectivity index (χ1n) is 5.55. The molecule has 0 aromatic heterocycles. The van der Waals surface area contributed by atoms with Gasteiger partial charge in [0.1, 0.15) is 0 Å². The van der Waals surface area contributed by atoms with E-state index in [0.717, 1.165) is 51.1 Å². The van der Waals surface area contributed by atoms with Gasteiger partial charge in [0.05, 0.1) is 6.54 Å². The lowest BCUT2D eigenvalue weighted by Crippen LogP contribution is -2.34. The van der Waals surface area contributed by atoms with Crippen LogP contribution >= 0.6 is 0 Å². The van der Waals surface area contributed by atoms with E-state index in [4.69, 9.17) is 4.74 Å². The maximum atomic E-state index is 5.52. The first-order chi connectivity index (χ1) is 6.95. The molecule has 2 rings (SSSR count). The largest absolute Gasteiger partial charge is 0.381 e. The lowest BCUT2D eigenvalue weighted by Gasteiger charge is -2.06. The van der Waals surface area contributed by atoms with Crippen molar-refractivity contribution in [1.29, 1.82) is 0 Å². The Morgan fingerprint density at radius 3 is 3.14 bits per heavy atom. The fourth-order valence-electron chi connectivity index (χ4n) is 1.43. The van der Waals surface area contributed by atoms with E-state index in [1.807, 2.05) is 0 Å². The number of rotatable bonds is 6. The Kier molecular flexibility index (Phi) is 3.63. The first-order valence-corrected chi connectivity index (χ1v) is 5.55. The van der Waals surface area contributed by atoms with Crippen LogP contribution in [0.2, 0.25) is 0 Å². The number of hydrogen-bond donors (Lipinski definition) is 2. The third-order valence-electron chi connectivity index (χ3n) is 2.48. The predicted molar refractivity (Wildman–Crippen MR) is 56.5 cm³/mol. The molecule has 0 unspecified atom stereocenters. The summed E-state index contributed by atoms with van der Waals surface area (Å²) in [7, 11) is 0. The Morgan fingerprint density at radius 1 is 1.50 bits per heavy atom. The van der Waals surface area contributed by atoms with Crippen LogP contribution in [0.5, 0.6) is 0 Å². The Balaban J connectivity index is 1.38. The van der Waals surface area contributed by atoms with E-state index >= 15 is 0 Å². The molecule has 1 saturated carbocycles. The Bertz CT molecular complexity index is 202. The van der Waals surface area contributed by atoms with Gasteiger partial charge in [-0.15, -0.1) is 0 Å². The highest BCUT2D eigenvalue weighted by atomic mass is 16.5. The molecule has 4 nitrogen and oxygen atoms in total. The summed E-state index contributed by atoms with van der Waals surface area (Å²) in [4.78, 5) is 4.25. The maximum Gasteiger partial charge on any atom is 0.191 e. The molecule has 2 N–H and O–H groups in total. The molecule has 0 amide bonds. The van der Waals surface area contributed by atoms with Crippen LogP contribution in [-0.4, -0.2) is 38.8 Å². The maximum absolute atomic E-state index is 5.52. The number of aliphatic imine (C=N–C) groups is 1. The second-order valence-corrected chi connectivity index (χ2v) is 3.96. The number of ether oxygens (including phenoxy) is 1. The zero-order valence-electron chi connectivity index (χ0n) is 8.59. The van der Waals surface area contributed by atoms with Crippen molar-refractivity contribution < 1.29 is 4.74 Å². The fourth-order valence-corrected chi connectivity index (χ4v) is 1.43. The molecule has 1 aliphatic heterocycles. The zero-order valence-corrected chi connectivity index (χ0v) is 8.59. The molecular formula is C10H19N3O. The van der Waals surface area contributed by atoms with E-state index in [1.54, 1.807) is 0 Å². The predicted octanol–water partition coefficient (Wildman–Crippen LogP) is 0.352. The average Bonchev–Trinajstić information content (AvgIpc) is 2.87. The van der Waals surface area contributed by atoms with Crippen molar-refractivity contribution >= 4 is 5.96 Å². The summed E-state index contributed by atoms with van der Waals surface area (Å²) in [6, 6.07) is 0. The minimum atomic E-state index is 0.872. The summed E-state index contributed by atoms with van der Waals surface area (Å²) in [6.45, 7) is 4.67. The summed E-state index contributed by atoms with van der Waals surface area (Å²) in [5.74, 6) is 1.83. The van der Waals surface area contributed by atoms with Gasteiger partial charge in [-0.05, 0) is 25.2 Å². The molecule has 0 spiro atoms. The van der Waals surface area contributed by atoms with E-state index in [0.29, 0.717) is 0 Å². The third kappa shape index (κ3) is 3.54. The number of guanidine groups is 1. The van der Waals surface area contributed by atoms with Crippen molar-refractivity contribution in [1.82, 2.24) is 10.6 Å². The molecule has 1 heterocycles. The van der Waals surface area contributed by atoms with Gasteiger partial charge < -0.3 is 15.4 Å². The van der Waals surface area contributed by atoms with Crippen LogP contribution in [0.4, 0.5) is 0 Å². The molecule has 2 aliphatic rings. The standard InChI is InChI=1S/C10H19N3O/c1(7-14-8-9-2-3-9)4-11-10-12-5-6-13-10/h9H,1-8H2,(H2,11,12,13). The first kappa shape index (κ1) is 9.77. The van der Waals surface area contributed by atoms with Crippen molar-refractivity contribution in [2.45, 2.75) is 19.3 Å². The van der Waals surface area contributed by atoms with Gasteiger partial charge in [0, 0.05) is 26.3 Å². The Morgan fingerprint density at radius 2 is 2.43 bits per heavy atom. The van der Waals surface area contributed by atoms with E-state index in [9.17, 15) is 0 Å². The number of nitrogens with zero attached hydrogens (tertiary/aromatic N) is 1. The molecule has 0 aromatic rings. The molecule has 1 fully saturated rings. The second-order valence-electron chi connectivity index (χ2n) is 3.96. The number of hydrogen-bond acceptors (Lipinski definition) is 4. The highest BCUT2D eigenvalue weighted by Gasteiger charge is 2.20. The fraction of sp³-hybridized carbons (Fsp3) is 0.900. The van der Waals surface area contributed by atoms with Crippen molar-refractivity contribution in [3.05, 3.63) is 0 Å². The van der Waals surface area contributed by atoms with Crippen LogP contribution < -0.4 is 10.6 Å². The topological polar surface area (TPSA) is 45.7 Å². The van der Waals surface area contributed by atoms with Gasteiger partial charge in [-0.3, -0.25) is 4.99 Å². The van der Waals surface area contributed by atoms with E-state index in [2.05, 4.69) is 15.6 Å². The van der Waals surface area contributed by atoms with Gasteiger partial charge in [0.25, 0.3) is 0 Å². The molecule has 4 heteroatoms. The minimum Gasteiger partial charge on any atom is -0.381 e. The van der Waals surface area contributed by atoms with Crippen molar-refractivity contribution in [2.75, 3.05) is 32.8 Å². The summed E-state index contributed by atoms with van der Waals surface area (Å²) >= 11 is 0. The van der Waals surface area contributed by atoms with E-state index < -0.39 is 0 Å². The monoisotopic (exact) mass is 197 g/mol. The lowest BCUT2D eigenvalue weighted by atomic mass is 10.4. The number of nitrogens with one attached hydrogen (secondary N) is 2. The highest BCUT2D eigenvalue weighted by Crippen LogP contribution is 2.28. The molecule has 80 valence electrons. The van der Waals surface area contributed by atoms with Crippen molar-refractivity contribution in [3.63, 3.8) is 0 Å². The normalized spacial score (nSPS) is 20.4. The quantitative estimate of drug-likeness (QED) is 0.604. The van der Waals surface area contributed by atoms with Gasteiger partial charge in [-0.2, -0.15) is 0 Å². The van der Waals surface area contributed by atoms with Gasteiger partial charge in [0.2, 0.25) is 0 Å². The molecular weight excluding hydrogens is 178 g/mol. The van der Waals surface area contributed by atoms with Gasteiger partial charge in [-0.25, -0.2) is 0 Å². The van der Waals surface area contributed by atoms with Crippen LogP contribution in [0.3, 0.4) is 0 Å². The second kappa shape index (κ2) is 5.20. The van der Waals surface area contributed by atoms with Crippen molar-refractivity contribution in [2.24, 2.45) is 10.9 Å². The molecule has 1 aliphatic carbocycles. The van der Waals surface area contributed by atoms with Crippen molar-refractivity contribution in [3.8, 4) is 0 Å². The van der Waals surface area contributed by atoms with E-state index in [1.165, 1.54) is 12.8 Å². The average molecular weight is 197 g/mol.